The van der Waals surface area contributed by atoms with Crippen LogP contribution in [0.15, 0.2) is 48.5 Å². The van der Waals surface area contributed by atoms with Gasteiger partial charge in [0, 0.05) is 36.5 Å². The van der Waals surface area contributed by atoms with Crippen molar-refractivity contribution in [1.82, 2.24) is 4.90 Å². The van der Waals surface area contributed by atoms with Gasteiger partial charge < -0.3 is 15.4 Å². The first kappa shape index (κ1) is 18.4. The van der Waals surface area contributed by atoms with Gasteiger partial charge in [0.1, 0.15) is 0 Å². The maximum atomic E-state index is 12.9. The normalized spacial score (nSPS) is 14.6. The van der Waals surface area contributed by atoms with Crippen molar-refractivity contribution < 1.29 is 19.2 Å². The Labute approximate surface area is 155 Å². The number of esters is 1. The Morgan fingerprint density at radius 1 is 1.11 bits per heavy atom. The lowest BCUT2D eigenvalue weighted by atomic mass is 10.1. The van der Waals surface area contributed by atoms with E-state index in [0.29, 0.717) is 18.7 Å². The van der Waals surface area contributed by atoms with Crippen molar-refractivity contribution >= 4 is 23.3 Å². The molecule has 0 spiro atoms. The third-order valence-corrected chi connectivity index (χ3v) is 4.44. The number of non-ortho nitro benzene ring substituents is 1. The van der Waals surface area contributed by atoms with Crippen LogP contribution in [0.25, 0.3) is 0 Å². The highest BCUT2D eigenvalue weighted by Crippen LogP contribution is 2.27. The summed E-state index contributed by atoms with van der Waals surface area (Å²) in [7, 11) is 0. The molecule has 1 aliphatic rings. The van der Waals surface area contributed by atoms with Crippen molar-refractivity contribution in [2.75, 3.05) is 18.8 Å². The van der Waals surface area contributed by atoms with E-state index in [1.807, 2.05) is 0 Å². The number of hydrogen-bond acceptors (Lipinski definition) is 6. The number of nitrogens with two attached hydrogens (primary N) is 1. The maximum absolute atomic E-state index is 12.9. The standard InChI is InChI=1S/C19H19N3O5/c20-16-9-8-14(22(25)26)12-15(16)19(24)27-17(13-6-2-1-3-7-13)18(23)21-10-4-5-11-21/h1-3,6-9,12,17H,4-5,10-11,20H2/t17-/m0/s1. The highest BCUT2D eigenvalue weighted by Gasteiger charge is 2.32. The summed E-state index contributed by atoms with van der Waals surface area (Å²) in [6, 6.07) is 12.2. The fourth-order valence-electron chi connectivity index (χ4n) is 3.00. The number of nitrogen functional groups attached to an aromatic ring is 1. The molecule has 1 saturated heterocycles. The van der Waals surface area contributed by atoms with Crippen LogP contribution in [0.4, 0.5) is 11.4 Å². The van der Waals surface area contributed by atoms with Crippen LogP contribution in [-0.2, 0) is 9.53 Å². The predicted molar refractivity (Wildman–Crippen MR) is 97.9 cm³/mol. The SMILES string of the molecule is Nc1ccc([N+](=O)[O-])cc1C(=O)O[C@H](C(=O)N1CCCC1)c1ccccc1. The summed E-state index contributed by atoms with van der Waals surface area (Å²) in [6.45, 7) is 1.22. The van der Waals surface area contributed by atoms with E-state index in [-0.39, 0.29) is 22.8 Å². The number of nitro groups is 1. The second kappa shape index (κ2) is 7.86. The molecule has 2 aromatic rings. The van der Waals surface area contributed by atoms with E-state index in [1.54, 1.807) is 35.2 Å². The van der Waals surface area contributed by atoms with Crippen LogP contribution in [0.5, 0.6) is 0 Å². The summed E-state index contributed by atoms with van der Waals surface area (Å²) in [4.78, 5) is 37.5. The van der Waals surface area contributed by atoms with E-state index in [2.05, 4.69) is 0 Å². The molecule has 8 nitrogen and oxygen atoms in total. The average molecular weight is 369 g/mol. The molecule has 8 heteroatoms. The highest BCUT2D eigenvalue weighted by molar-refractivity contribution is 5.97. The number of amides is 1. The monoisotopic (exact) mass is 369 g/mol. The van der Waals surface area contributed by atoms with Crippen molar-refractivity contribution in [2.45, 2.75) is 18.9 Å². The Balaban J connectivity index is 1.90. The number of likely N-dealkylation sites (tertiary alicyclic amines) is 1. The van der Waals surface area contributed by atoms with Crippen LogP contribution in [0, 0.1) is 10.1 Å². The minimum absolute atomic E-state index is 0.0473. The molecule has 3 rings (SSSR count). The number of anilines is 1. The van der Waals surface area contributed by atoms with E-state index in [1.165, 1.54) is 12.1 Å². The zero-order valence-electron chi connectivity index (χ0n) is 14.5. The van der Waals surface area contributed by atoms with Crippen molar-refractivity contribution in [2.24, 2.45) is 0 Å². The number of hydrogen-bond donors (Lipinski definition) is 1. The molecular formula is C19H19N3O5. The highest BCUT2D eigenvalue weighted by atomic mass is 16.6. The van der Waals surface area contributed by atoms with Crippen molar-refractivity contribution in [3.63, 3.8) is 0 Å². The minimum Gasteiger partial charge on any atom is -0.444 e. The molecule has 2 N–H and O–H groups in total. The number of carbonyl (C=O) groups is 2. The van der Waals surface area contributed by atoms with Gasteiger partial charge in [-0.25, -0.2) is 4.79 Å². The van der Waals surface area contributed by atoms with Gasteiger partial charge in [0.05, 0.1) is 10.5 Å². The Morgan fingerprint density at radius 2 is 1.78 bits per heavy atom. The lowest BCUT2D eigenvalue weighted by molar-refractivity contribution is -0.384. The number of rotatable bonds is 5. The van der Waals surface area contributed by atoms with Crippen LogP contribution in [0.1, 0.15) is 34.9 Å². The summed E-state index contributed by atoms with van der Waals surface area (Å²) >= 11 is 0. The van der Waals surface area contributed by atoms with Gasteiger partial charge in [-0.15, -0.1) is 0 Å². The third kappa shape index (κ3) is 4.05. The molecule has 0 bridgehead atoms. The molecule has 0 unspecified atom stereocenters. The molecule has 1 fully saturated rings. The fraction of sp³-hybridized carbons (Fsp3) is 0.263. The third-order valence-electron chi connectivity index (χ3n) is 4.44. The molecule has 0 aromatic heterocycles. The smallest absolute Gasteiger partial charge is 0.341 e. The molecule has 0 saturated carbocycles. The van der Waals surface area contributed by atoms with Gasteiger partial charge in [-0.1, -0.05) is 30.3 Å². The van der Waals surface area contributed by atoms with E-state index in [9.17, 15) is 19.7 Å². The maximum Gasteiger partial charge on any atom is 0.341 e. The Bertz CT molecular complexity index is 863. The molecular weight excluding hydrogens is 350 g/mol. The second-order valence-corrected chi connectivity index (χ2v) is 6.26. The second-order valence-electron chi connectivity index (χ2n) is 6.26. The summed E-state index contributed by atoms with van der Waals surface area (Å²) in [5.41, 5.74) is 5.95. The first-order valence-corrected chi connectivity index (χ1v) is 8.56. The molecule has 1 atom stereocenters. The number of carbonyl (C=O) groups excluding carboxylic acids is 2. The molecule has 0 radical (unpaired) electrons. The Hall–Kier alpha value is -3.42. The molecule has 2 aromatic carbocycles. The van der Waals surface area contributed by atoms with Crippen LogP contribution in [0.2, 0.25) is 0 Å². The molecule has 1 amide bonds. The van der Waals surface area contributed by atoms with Crippen molar-refractivity contribution in [3.05, 3.63) is 69.8 Å². The van der Waals surface area contributed by atoms with Crippen molar-refractivity contribution in [1.29, 1.82) is 0 Å². The predicted octanol–water partition coefficient (Wildman–Crippen LogP) is 2.70. The number of nitrogens with zero attached hydrogens (tertiary/aromatic N) is 2. The van der Waals surface area contributed by atoms with Gasteiger partial charge in [0.15, 0.2) is 0 Å². The van der Waals surface area contributed by atoms with Gasteiger partial charge >= 0.3 is 5.97 Å². The summed E-state index contributed by atoms with van der Waals surface area (Å²) in [5, 5.41) is 11.0. The molecule has 27 heavy (non-hydrogen) atoms. The molecule has 140 valence electrons. The zero-order valence-corrected chi connectivity index (χ0v) is 14.5. The number of nitro benzene ring substituents is 1. The Kier molecular flexibility index (Phi) is 5.35. The van der Waals surface area contributed by atoms with E-state index in [0.717, 1.165) is 18.9 Å². The fourth-order valence-corrected chi connectivity index (χ4v) is 3.00. The minimum atomic E-state index is -1.13. The summed E-state index contributed by atoms with van der Waals surface area (Å²) < 4.78 is 5.48. The lowest BCUT2D eigenvalue weighted by Gasteiger charge is -2.23. The van der Waals surface area contributed by atoms with Gasteiger partial charge in [-0.05, 0) is 18.9 Å². The zero-order chi connectivity index (χ0) is 19.4. The number of ether oxygens (including phenoxy) is 1. The average Bonchev–Trinajstić information content (AvgIpc) is 3.21. The largest absolute Gasteiger partial charge is 0.444 e. The lowest BCUT2D eigenvalue weighted by Crippen LogP contribution is -2.35. The van der Waals surface area contributed by atoms with Gasteiger partial charge in [-0.2, -0.15) is 0 Å². The van der Waals surface area contributed by atoms with E-state index in [4.69, 9.17) is 10.5 Å². The quantitative estimate of drug-likeness (QED) is 0.375. The van der Waals surface area contributed by atoms with Gasteiger partial charge in [-0.3, -0.25) is 14.9 Å². The van der Waals surface area contributed by atoms with Crippen LogP contribution in [-0.4, -0.2) is 34.8 Å². The topological polar surface area (TPSA) is 116 Å². The van der Waals surface area contributed by atoms with E-state index < -0.39 is 17.0 Å². The number of benzene rings is 2. The molecule has 1 heterocycles. The first-order valence-electron chi connectivity index (χ1n) is 8.56. The Morgan fingerprint density at radius 3 is 2.41 bits per heavy atom. The van der Waals surface area contributed by atoms with E-state index >= 15 is 0 Å². The van der Waals surface area contributed by atoms with Crippen LogP contribution in [0.3, 0.4) is 0 Å². The van der Waals surface area contributed by atoms with Crippen LogP contribution >= 0.6 is 0 Å². The first-order chi connectivity index (χ1) is 13.0. The van der Waals surface area contributed by atoms with Crippen LogP contribution < -0.4 is 5.73 Å². The molecule has 1 aliphatic heterocycles. The van der Waals surface area contributed by atoms with Crippen molar-refractivity contribution in [3.8, 4) is 0 Å². The van der Waals surface area contributed by atoms with Gasteiger partial charge in [0.25, 0.3) is 11.6 Å². The summed E-state index contributed by atoms with van der Waals surface area (Å²) in [5.74, 6) is -1.19. The molecule has 0 aliphatic carbocycles. The summed E-state index contributed by atoms with van der Waals surface area (Å²) in [6.07, 6.45) is 0.674. The van der Waals surface area contributed by atoms with Gasteiger partial charge in [0.2, 0.25) is 6.10 Å².